The summed E-state index contributed by atoms with van der Waals surface area (Å²) in [6.07, 6.45) is 1.79. The van der Waals surface area contributed by atoms with Gasteiger partial charge in [0, 0.05) is 35.0 Å². The van der Waals surface area contributed by atoms with Crippen molar-refractivity contribution >= 4 is 27.4 Å². The van der Waals surface area contributed by atoms with E-state index in [9.17, 15) is 4.39 Å². The van der Waals surface area contributed by atoms with Gasteiger partial charge < -0.3 is 10.2 Å². The molecular formula is C16H19BrFN3. The standard InChI is InChI=1S/C16H19BrFN3/c1-3-19-10-12-9-13(17)11-20-16(12)21(4-2)15-7-5-14(18)6-8-15/h5-9,11,19H,3-4,10H2,1-2H3. The van der Waals surface area contributed by atoms with Gasteiger partial charge in [-0.3, -0.25) is 0 Å². The van der Waals surface area contributed by atoms with Crippen LogP contribution < -0.4 is 10.2 Å². The minimum Gasteiger partial charge on any atom is -0.326 e. The first-order valence-electron chi connectivity index (χ1n) is 7.04. The zero-order valence-corrected chi connectivity index (χ0v) is 13.8. The number of rotatable bonds is 6. The van der Waals surface area contributed by atoms with E-state index in [2.05, 4.69) is 51.0 Å². The molecule has 0 aliphatic rings. The van der Waals surface area contributed by atoms with Gasteiger partial charge in [-0.2, -0.15) is 0 Å². The number of halogens is 2. The minimum atomic E-state index is -0.230. The third kappa shape index (κ3) is 4.02. The SMILES string of the molecule is CCNCc1cc(Br)cnc1N(CC)c1ccc(F)cc1. The van der Waals surface area contributed by atoms with Crippen LogP contribution in [0.25, 0.3) is 0 Å². The van der Waals surface area contributed by atoms with Gasteiger partial charge in [-0.25, -0.2) is 9.37 Å². The van der Waals surface area contributed by atoms with Gasteiger partial charge >= 0.3 is 0 Å². The third-order valence-electron chi connectivity index (χ3n) is 3.19. The molecule has 0 unspecified atom stereocenters. The number of anilines is 2. The van der Waals surface area contributed by atoms with Crippen LogP contribution in [0, 0.1) is 5.82 Å². The number of pyridine rings is 1. The van der Waals surface area contributed by atoms with E-state index in [0.29, 0.717) is 0 Å². The lowest BCUT2D eigenvalue weighted by Crippen LogP contribution is -2.21. The number of benzene rings is 1. The Morgan fingerprint density at radius 3 is 2.57 bits per heavy atom. The number of nitrogens with zero attached hydrogens (tertiary/aromatic N) is 2. The second-order valence-corrected chi connectivity index (χ2v) is 5.55. The molecule has 0 bridgehead atoms. The fourth-order valence-electron chi connectivity index (χ4n) is 2.18. The first kappa shape index (κ1) is 15.9. The van der Waals surface area contributed by atoms with Crippen molar-refractivity contribution < 1.29 is 4.39 Å². The predicted molar refractivity (Wildman–Crippen MR) is 88.4 cm³/mol. The van der Waals surface area contributed by atoms with Crippen molar-refractivity contribution in [2.45, 2.75) is 20.4 Å². The molecule has 0 saturated carbocycles. The predicted octanol–water partition coefficient (Wildman–Crippen LogP) is 4.25. The van der Waals surface area contributed by atoms with Crippen molar-refractivity contribution in [1.82, 2.24) is 10.3 Å². The summed E-state index contributed by atoms with van der Waals surface area (Å²) in [4.78, 5) is 6.63. The molecule has 0 fully saturated rings. The monoisotopic (exact) mass is 351 g/mol. The van der Waals surface area contributed by atoms with Crippen LogP contribution in [-0.2, 0) is 6.54 Å². The molecule has 2 aromatic rings. The van der Waals surface area contributed by atoms with E-state index in [0.717, 1.165) is 41.2 Å². The van der Waals surface area contributed by atoms with Crippen LogP contribution in [0.5, 0.6) is 0 Å². The Bertz CT molecular complexity index is 587. The highest BCUT2D eigenvalue weighted by Gasteiger charge is 2.14. The van der Waals surface area contributed by atoms with Gasteiger partial charge in [0.1, 0.15) is 11.6 Å². The molecule has 0 saturated heterocycles. The minimum absolute atomic E-state index is 0.230. The fourth-order valence-corrected chi connectivity index (χ4v) is 2.56. The topological polar surface area (TPSA) is 28.2 Å². The van der Waals surface area contributed by atoms with Gasteiger partial charge in [0.15, 0.2) is 0 Å². The molecule has 0 aliphatic carbocycles. The second kappa shape index (κ2) is 7.52. The van der Waals surface area contributed by atoms with Crippen molar-refractivity contribution in [2.75, 3.05) is 18.0 Å². The van der Waals surface area contributed by atoms with Crippen LogP contribution in [-0.4, -0.2) is 18.1 Å². The average molecular weight is 352 g/mol. The molecule has 0 atom stereocenters. The maximum Gasteiger partial charge on any atom is 0.137 e. The molecule has 3 nitrogen and oxygen atoms in total. The largest absolute Gasteiger partial charge is 0.326 e. The van der Waals surface area contributed by atoms with E-state index in [-0.39, 0.29) is 5.82 Å². The molecule has 1 N–H and O–H groups in total. The molecule has 0 spiro atoms. The average Bonchev–Trinajstić information content (AvgIpc) is 2.49. The Hall–Kier alpha value is -1.46. The van der Waals surface area contributed by atoms with Crippen molar-refractivity contribution in [2.24, 2.45) is 0 Å². The van der Waals surface area contributed by atoms with Gasteiger partial charge in [0.25, 0.3) is 0 Å². The van der Waals surface area contributed by atoms with Gasteiger partial charge in [-0.1, -0.05) is 6.92 Å². The Balaban J connectivity index is 2.39. The molecule has 0 radical (unpaired) electrons. The second-order valence-electron chi connectivity index (χ2n) is 4.64. The highest BCUT2D eigenvalue weighted by atomic mass is 79.9. The molecule has 1 heterocycles. The highest BCUT2D eigenvalue weighted by molar-refractivity contribution is 9.10. The van der Waals surface area contributed by atoms with Crippen molar-refractivity contribution in [3.63, 3.8) is 0 Å². The van der Waals surface area contributed by atoms with E-state index in [4.69, 9.17) is 0 Å². The van der Waals surface area contributed by atoms with E-state index in [1.807, 2.05) is 0 Å². The lowest BCUT2D eigenvalue weighted by atomic mass is 10.2. The van der Waals surface area contributed by atoms with E-state index >= 15 is 0 Å². The summed E-state index contributed by atoms with van der Waals surface area (Å²) >= 11 is 3.47. The Morgan fingerprint density at radius 2 is 1.95 bits per heavy atom. The van der Waals surface area contributed by atoms with Crippen molar-refractivity contribution in [1.29, 1.82) is 0 Å². The molecule has 0 amide bonds. The summed E-state index contributed by atoms with van der Waals surface area (Å²) < 4.78 is 14.1. The zero-order valence-electron chi connectivity index (χ0n) is 12.2. The van der Waals surface area contributed by atoms with E-state index in [1.165, 1.54) is 12.1 Å². The normalized spacial score (nSPS) is 10.7. The first-order valence-corrected chi connectivity index (χ1v) is 7.83. The summed E-state index contributed by atoms with van der Waals surface area (Å²) in [5, 5.41) is 3.32. The van der Waals surface area contributed by atoms with E-state index < -0.39 is 0 Å². The molecule has 0 aliphatic heterocycles. The molecule has 1 aromatic carbocycles. The van der Waals surface area contributed by atoms with Crippen LogP contribution in [0.4, 0.5) is 15.9 Å². The number of hydrogen-bond acceptors (Lipinski definition) is 3. The molecule has 5 heteroatoms. The molecule has 2 rings (SSSR count). The van der Waals surface area contributed by atoms with Crippen LogP contribution in [0.1, 0.15) is 19.4 Å². The third-order valence-corrected chi connectivity index (χ3v) is 3.62. The van der Waals surface area contributed by atoms with E-state index in [1.54, 1.807) is 18.3 Å². The van der Waals surface area contributed by atoms with Crippen molar-refractivity contribution in [3.8, 4) is 0 Å². The molecule has 112 valence electrons. The van der Waals surface area contributed by atoms with Gasteiger partial charge in [0.2, 0.25) is 0 Å². The summed E-state index contributed by atoms with van der Waals surface area (Å²) in [5.74, 6) is 0.666. The lowest BCUT2D eigenvalue weighted by Gasteiger charge is -2.25. The number of hydrogen-bond donors (Lipinski definition) is 1. The van der Waals surface area contributed by atoms with Crippen LogP contribution >= 0.6 is 15.9 Å². The Labute approximate surface area is 133 Å². The lowest BCUT2D eigenvalue weighted by molar-refractivity contribution is 0.627. The molecular weight excluding hydrogens is 333 g/mol. The van der Waals surface area contributed by atoms with Crippen LogP contribution in [0.15, 0.2) is 41.0 Å². The van der Waals surface area contributed by atoms with Gasteiger partial charge in [-0.15, -0.1) is 0 Å². The Kier molecular flexibility index (Phi) is 5.70. The quantitative estimate of drug-likeness (QED) is 0.842. The maximum atomic E-state index is 13.1. The van der Waals surface area contributed by atoms with Gasteiger partial charge in [-0.05, 0) is 59.7 Å². The highest BCUT2D eigenvalue weighted by Crippen LogP contribution is 2.28. The summed E-state index contributed by atoms with van der Waals surface area (Å²) in [5.41, 5.74) is 2.05. The fraction of sp³-hybridized carbons (Fsp3) is 0.312. The first-order chi connectivity index (χ1) is 10.2. The smallest absolute Gasteiger partial charge is 0.137 e. The zero-order chi connectivity index (χ0) is 15.2. The van der Waals surface area contributed by atoms with Crippen LogP contribution in [0.2, 0.25) is 0 Å². The number of nitrogens with one attached hydrogen (secondary N) is 1. The summed E-state index contributed by atoms with van der Waals surface area (Å²) in [6.45, 7) is 6.54. The summed E-state index contributed by atoms with van der Waals surface area (Å²) in [6, 6.07) is 8.57. The van der Waals surface area contributed by atoms with Crippen LogP contribution in [0.3, 0.4) is 0 Å². The van der Waals surface area contributed by atoms with Crippen molar-refractivity contribution in [3.05, 3.63) is 52.4 Å². The Morgan fingerprint density at radius 1 is 1.24 bits per heavy atom. The number of aromatic nitrogens is 1. The summed E-state index contributed by atoms with van der Waals surface area (Å²) in [7, 11) is 0. The molecule has 21 heavy (non-hydrogen) atoms. The maximum absolute atomic E-state index is 13.1. The van der Waals surface area contributed by atoms with Gasteiger partial charge in [0.05, 0.1) is 0 Å². The molecule has 1 aromatic heterocycles.